The van der Waals surface area contributed by atoms with Crippen molar-refractivity contribution in [2.24, 2.45) is 5.73 Å². The molecule has 0 saturated heterocycles. The molecule has 0 aromatic carbocycles. The summed E-state index contributed by atoms with van der Waals surface area (Å²) in [5.41, 5.74) is 17.6. The highest BCUT2D eigenvalue weighted by Crippen LogP contribution is 2.48. The normalized spacial score (nSPS) is 16.5. The van der Waals surface area contributed by atoms with Crippen LogP contribution in [0.2, 0.25) is 0 Å². The summed E-state index contributed by atoms with van der Waals surface area (Å²) in [7, 11) is 0. The van der Waals surface area contributed by atoms with E-state index >= 15 is 0 Å². The minimum absolute atomic E-state index is 0.0884. The van der Waals surface area contributed by atoms with E-state index in [-0.39, 0.29) is 17.8 Å². The topological polar surface area (TPSA) is 157 Å². The summed E-state index contributed by atoms with van der Waals surface area (Å²) in [5.74, 6) is 1.55. The van der Waals surface area contributed by atoms with Crippen LogP contribution in [0.25, 0.3) is 16.1 Å². The van der Waals surface area contributed by atoms with Crippen LogP contribution < -0.4 is 11.5 Å². The van der Waals surface area contributed by atoms with E-state index in [1.54, 1.807) is 27.0 Å². The molecule has 0 aliphatic heterocycles. The molecular weight excluding hydrogens is 500 g/mol. The Bertz CT molecular complexity index is 1500. The number of aryl methyl sites for hydroxylation is 1. The van der Waals surface area contributed by atoms with E-state index in [4.69, 9.17) is 21.4 Å². The molecule has 4 heterocycles. The zero-order valence-corrected chi connectivity index (χ0v) is 22.4. The first kappa shape index (κ1) is 24.7. The predicted octanol–water partition coefficient (Wildman–Crippen LogP) is 3.76. The van der Waals surface area contributed by atoms with Crippen LogP contribution in [-0.4, -0.2) is 51.6 Å². The summed E-state index contributed by atoms with van der Waals surface area (Å²) < 4.78 is 1.79. The summed E-state index contributed by atoms with van der Waals surface area (Å²) >= 11 is 1.63. The zero-order valence-electron chi connectivity index (χ0n) is 21.6. The maximum absolute atomic E-state index is 13.0. The number of thiazole rings is 1. The number of nitrogens with zero attached hydrogens (tertiary/aromatic N) is 7. The number of aromatic amines is 1. The number of allylic oxidation sites excluding steroid dienone is 1. The van der Waals surface area contributed by atoms with Gasteiger partial charge in [-0.15, -0.1) is 11.3 Å². The van der Waals surface area contributed by atoms with Gasteiger partial charge >= 0.3 is 0 Å². The summed E-state index contributed by atoms with van der Waals surface area (Å²) in [6.07, 6.45) is 12.7. The lowest BCUT2D eigenvalue weighted by atomic mass is 10.0. The summed E-state index contributed by atoms with van der Waals surface area (Å²) in [5, 5.41) is 12.1. The molecular formula is C26H32N10OS. The number of nitrogens with one attached hydrogen (secondary N) is 1. The number of hydrogen-bond donors (Lipinski definition) is 3. The maximum atomic E-state index is 13.0. The Morgan fingerprint density at radius 1 is 1.29 bits per heavy atom. The van der Waals surface area contributed by atoms with Crippen molar-refractivity contribution in [1.29, 1.82) is 0 Å². The molecule has 0 unspecified atom stereocenters. The smallest absolute Gasteiger partial charge is 0.295 e. The van der Waals surface area contributed by atoms with Gasteiger partial charge in [0.2, 0.25) is 5.82 Å². The van der Waals surface area contributed by atoms with Gasteiger partial charge in [-0.1, -0.05) is 6.08 Å². The predicted molar refractivity (Wildman–Crippen MR) is 145 cm³/mol. The van der Waals surface area contributed by atoms with Crippen LogP contribution in [0.4, 0.5) is 5.82 Å². The molecule has 1 atom stereocenters. The van der Waals surface area contributed by atoms with Gasteiger partial charge in [0.1, 0.15) is 17.2 Å². The molecule has 1 amide bonds. The molecule has 11 nitrogen and oxygen atoms in total. The van der Waals surface area contributed by atoms with E-state index in [2.05, 4.69) is 20.3 Å². The van der Waals surface area contributed by atoms with E-state index in [0.29, 0.717) is 37.0 Å². The highest BCUT2D eigenvalue weighted by Gasteiger charge is 2.34. The SMILES string of the molecule is C/C=C\N(C(=O)c1ncn[nH]1)[C@H](C)CCc1nc2c(-c3sc(CN)nc3C3CC3)cnn2c(N)c1C1CC1. The Balaban J connectivity index is 1.34. The standard InChI is InChI=1S/C26H32N10OS/c1-3-10-35(26(37)24-29-13-30-34-24)14(2)4-9-18-20(15-5-6-15)23(28)36-25(32-18)17(12-31-36)22-21(16-7-8-16)33-19(11-27)38-22/h3,10,12-16H,4-9,11,27-28H2,1-2H3,(H,29,30,34)/b10-3-/t14-/m1/s1. The van der Waals surface area contributed by atoms with Crippen LogP contribution in [0.5, 0.6) is 0 Å². The number of rotatable bonds is 10. The fraction of sp³-hybridized carbons (Fsp3) is 0.462. The third kappa shape index (κ3) is 4.47. The second kappa shape index (κ2) is 9.91. The molecule has 0 bridgehead atoms. The van der Waals surface area contributed by atoms with Crippen LogP contribution >= 0.6 is 11.3 Å². The lowest BCUT2D eigenvalue weighted by Gasteiger charge is -2.25. The summed E-state index contributed by atoms with van der Waals surface area (Å²) in [6, 6.07) is -0.0884. The van der Waals surface area contributed by atoms with Gasteiger partial charge in [-0.25, -0.2) is 15.0 Å². The van der Waals surface area contributed by atoms with Crippen molar-refractivity contribution in [3.8, 4) is 10.4 Å². The molecule has 2 aliphatic rings. The highest BCUT2D eigenvalue weighted by molar-refractivity contribution is 7.15. The van der Waals surface area contributed by atoms with E-state index in [1.165, 1.54) is 6.33 Å². The maximum Gasteiger partial charge on any atom is 0.295 e. The number of anilines is 1. The molecule has 4 aromatic heterocycles. The third-order valence-corrected chi connectivity index (χ3v) is 8.43. The van der Waals surface area contributed by atoms with Crippen molar-refractivity contribution < 1.29 is 4.79 Å². The van der Waals surface area contributed by atoms with Crippen LogP contribution in [0.1, 0.15) is 90.4 Å². The van der Waals surface area contributed by atoms with Gasteiger partial charge in [-0.3, -0.25) is 9.89 Å². The minimum Gasteiger partial charge on any atom is -0.383 e. The average Bonchev–Trinajstić information content (AvgIpc) is 3.79. The Kier molecular flexibility index (Phi) is 6.44. The van der Waals surface area contributed by atoms with Crippen molar-refractivity contribution in [3.05, 3.63) is 52.6 Å². The van der Waals surface area contributed by atoms with Gasteiger partial charge in [0.05, 0.1) is 28.0 Å². The Morgan fingerprint density at radius 2 is 2.08 bits per heavy atom. The van der Waals surface area contributed by atoms with Crippen LogP contribution in [0, 0.1) is 0 Å². The monoisotopic (exact) mass is 532 g/mol. The quantitative estimate of drug-likeness (QED) is 0.279. The average molecular weight is 533 g/mol. The first-order chi connectivity index (χ1) is 18.5. The first-order valence-electron chi connectivity index (χ1n) is 13.2. The number of hydrogen-bond acceptors (Lipinski definition) is 9. The van der Waals surface area contributed by atoms with E-state index in [0.717, 1.165) is 63.7 Å². The summed E-state index contributed by atoms with van der Waals surface area (Å²) in [4.78, 5) is 29.9. The number of aromatic nitrogens is 7. The van der Waals surface area contributed by atoms with Crippen molar-refractivity contribution in [2.75, 3.05) is 5.73 Å². The number of fused-ring (bicyclic) bond motifs is 1. The largest absolute Gasteiger partial charge is 0.383 e. The molecule has 4 aromatic rings. The van der Waals surface area contributed by atoms with Gasteiger partial charge in [0.15, 0.2) is 5.65 Å². The molecule has 38 heavy (non-hydrogen) atoms. The molecule has 12 heteroatoms. The Labute approximate surface area is 224 Å². The number of H-pyrrole nitrogens is 1. The van der Waals surface area contributed by atoms with Crippen LogP contribution in [0.15, 0.2) is 24.8 Å². The molecule has 2 saturated carbocycles. The van der Waals surface area contributed by atoms with E-state index in [1.807, 2.05) is 26.1 Å². The third-order valence-electron chi connectivity index (χ3n) is 7.30. The fourth-order valence-electron chi connectivity index (χ4n) is 5.03. The lowest BCUT2D eigenvalue weighted by molar-refractivity contribution is 0.0761. The molecule has 198 valence electrons. The number of nitrogen functional groups attached to an aromatic ring is 1. The highest BCUT2D eigenvalue weighted by atomic mass is 32.1. The van der Waals surface area contributed by atoms with Crippen molar-refractivity contribution in [3.63, 3.8) is 0 Å². The molecule has 2 aliphatic carbocycles. The van der Waals surface area contributed by atoms with Crippen LogP contribution in [-0.2, 0) is 13.0 Å². The second-order valence-corrected chi connectivity index (χ2v) is 11.2. The van der Waals surface area contributed by atoms with Gasteiger partial charge in [0, 0.05) is 30.3 Å². The van der Waals surface area contributed by atoms with E-state index < -0.39 is 0 Å². The van der Waals surface area contributed by atoms with Crippen LogP contribution in [0.3, 0.4) is 0 Å². The number of carbonyl (C=O) groups excluding carboxylic acids is 1. The molecule has 6 rings (SSSR count). The van der Waals surface area contributed by atoms with Gasteiger partial charge in [-0.05, 0) is 58.3 Å². The first-order valence-corrected chi connectivity index (χ1v) is 14.0. The number of carbonyl (C=O) groups is 1. The minimum atomic E-state index is -0.218. The number of amides is 1. The summed E-state index contributed by atoms with van der Waals surface area (Å²) in [6.45, 7) is 4.34. The fourth-order valence-corrected chi connectivity index (χ4v) is 6.06. The van der Waals surface area contributed by atoms with Crippen molar-refractivity contribution in [2.45, 2.75) is 76.8 Å². The van der Waals surface area contributed by atoms with Gasteiger partial charge in [0.25, 0.3) is 5.91 Å². The Hall–Kier alpha value is -3.64. The number of nitrogens with two attached hydrogens (primary N) is 2. The van der Waals surface area contributed by atoms with Crippen molar-refractivity contribution in [1.82, 2.24) is 39.7 Å². The molecule has 0 radical (unpaired) electrons. The second-order valence-electron chi connectivity index (χ2n) is 10.1. The van der Waals surface area contributed by atoms with Gasteiger partial charge < -0.3 is 16.4 Å². The lowest BCUT2D eigenvalue weighted by Crippen LogP contribution is -2.35. The molecule has 2 fully saturated rings. The molecule has 5 N–H and O–H groups in total. The van der Waals surface area contributed by atoms with Crippen molar-refractivity contribution >= 4 is 28.7 Å². The zero-order chi connectivity index (χ0) is 26.4. The van der Waals surface area contributed by atoms with Gasteiger partial charge in [-0.2, -0.15) is 14.7 Å². The molecule has 0 spiro atoms. The van der Waals surface area contributed by atoms with E-state index in [9.17, 15) is 4.79 Å². The Morgan fingerprint density at radius 3 is 2.74 bits per heavy atom.